The van der Waals surface area contributed by atoms with Crippen LogP contribution >= 0.6 is 0 Å². The largest absolute Gasteiger partial charge is 0.379 e. The Morgan fingerprint density at radius 1 is 1.31 bits per heavy atom. The first-order valence-electron chi connectivity index (χ1n) is 4.13. The zero-order valence-corrected chi connectivity index (χ0v) is 8.29. The second kappa shape index (κ2) is 4.36. The van der Waals surface area contributed by atoms with Crippen LogP contribution in [0.4, 0.5) is 0 Å². The SMILES string of the molecule is CC(C1COCCOC1)S(=O)(=O)O. The van der Waals surface area contributed by atoms with Crippen molar-refractivity contribution in [3.63, 3.8) is 0 Å². The highest BCUT2D eigenvalue weighted by Gasteiger charge is 2.29. The molecule has 13 heavy (non-hydrogen) atoms. The minimum absolute atomic E-state index is 0.280. The Bertz CT molecular complexity index is 240. The fourth-order valence-corrected chi connectivity index (χ4v) is 1.79. The monoisotopic (exact) mass is 210 g/mol. The van der Waals surface area contributed by atoms with Crippen LogP contribution in [0.1, 0.15) is 6.92 Å². The van der Waals surface area contributed by atoms with E-state index >= 15 is 0 Å². The van der Waals surface area contributed by atoms with Gasteiger partial charge in [-0.25, -0.2) is 0 Å². The van der Waals surface area contributed by atoms with Crippen LogP contribution in [-0.2, 0) is 19.6 Å². The van der Waals surface area contributed by atoms with E-state index in [2.05, 4.69) is 0 Å². The van der Waals surface area contributed by atoms with E-state index in [9.17, 15) is 8.42 Å². The predicted octanol–water partition coefficient (Wildman–Crippen LogP) is -0.0743. The summed E-state index contributed by atoms with van der Waals surface area (Å²) in [7, 11) is -3.98. The summed E-state index contributed by atoms with van der Waals surface area (Å²) >= 11 is 0. The highest BCUT2D eigenvalue weighted by molar-refractivity contribution is 7.86. The van der Waals surface area contributed by atoms with Crippen molar-refractivity contribution in [1.82, 2.24) is 0 Å². The lowest BCUT2D eigenvalue weighted by molar-refractivity contribution is 0.103. The second-order valence-corrected chi connectivity index (χ2v) is 4.90. The number of hydrogen-bond donors (Lipinski definition) is 1. The molecule has 0 aromatic heterocycles. The lowest BCUT2D eigenvalue weighted by atomic mass is 10.1. The molecule has 0 bridgehead atoms. The minimum atomic E-state index is -3.98. The first kappa shape index (κ1) is 10.9. The van der Waals surface area contributed by atoms with Crippen molar-refractivity contribution in [2.75, 3.05) is 26.4 Å². The van der Waals surface area contributed by atoms with Gasteiger partial charge in [0, 0.05) is 5.92 Å². The molecule has 1 rings (SSSR count). The van der Waals surface area contributed by atoms with Crippen LogP contribution in [0, 0.1) is 5.92 Å². The van der Waals surface area contributed by atoms with Crippen LogP contribution in [0.2, 0.25) is 0 Å². The van der Waals surface area contributed by atoms with Gasteiger partial charge < -0.3 is 9.47 Å². The zero-order valence-electron chi connectivity index (χ0n) is 7.47. The molecule has 1 heterocycles. The maximum absolute atomic E-state index is 10.8. The lowest BCUT2D eigenvalue weighted by Crippen LogP contribution is -2.31. The van der Waals surface area contributed by atoms with E-state index in [0.717, 1.165) is 0 Å². The van der Waals surface area contributed by atoms with Crippen LogP contribution in [-0.4, -0.2) is 44.6 Å². The fourth-order valence-electron chi connectivity index (χ4n) is 1.15. The van der Waals surface area contributed by atoms with E-state index in [1.807, 2.05) is 0 Å². The van der Waals surface area contributed by atoms with E-state index in [-0.39, 0.29) is 5.92 Å². The number of ether oxygens (including phenoxy) is 2. The van der Waals surface area contributed by atoms with Crippen LogP contribution in [0.25, 0.3) is 0 Å². The molecule has 1 aliphatic heterocycles. The molecule has 0 aliphatic carbocycles. The Kier molecular flexibility index (Phi) is 3.66. The summed E-state index contributed by atoms with van der Waals surface area (Å²) < 4.78 is 40.6. The molecule has 78 valence electrons. The van der Waals surface area contributed by atoms with Gasteiger partial charge in [0.1, 0.15) is 0 Å². The van der Waals surface area contributed by atoms with E-state index in [4.69, 9.17) is 14.0 Å². The molecular weight excluding hydrogens is 196 g/mol. The van der Waals surface area contributed by atoms with E-state index in [0.29, 0.717) is 26.4 Å². The minimum Gasteiger partial charge on any atom is -0.379 e. The predicted molar refractivity (Wildman–Crippen MR) is 46.1 cm³/mol. The van der Waals surface area contributed by atoms with Gasteiger partial charge in [-0.05, 0) is 6.92 Å². The van der Waals surface area contributed by atoms with Crippen molar-refractivity contribution >= 4 is 10.1 Å². The van der Waals surface area contributed by atoms with Gasteiger partial charge in [0.05, 0.1) is 31.7 Å². The normalized spacial score (nSPS) is 23.8. The van der Waals surface area contributed by atoms with Crippen LogP contribution in [0.5, 0.6) is 0 Å². The van der Waals surface area contributed by atoms with Crippen molar-refractivity contribution in [2.24, 2.45) is 5.92 Å². The quantitative estimate of drug-likeness (QED) is 0.646. The summed E-state index contributed by atoms with van der Waals surface area (Å²) in [4.78, 5) is 0. The van der Waals surface area contributed by atoms with Crippen molar-refractivity contribution in [2.45, 2.75) is 12.2 Å². The first-order valence-corrected chi connectivity index (χ1v) is 5.64. The maximum Gasteiger partial charge on any atom is 0.267 e. The summed E-state index contributed by atoms with van der Waals surface area (Å²) in [5, 5.41) is -0.828. The van der Waals surface area contributed by atoms with Crippen molar-refractivity contribution < 1.29 is 22.4 Å². The Balaban J connectivity index is 2.59. The number of hydrogen-bond acceptors (Lipinski definition) is 4. The molecule has 0 saturated carbocycles. The standard InChI is InChI=1S/C7H14O5S/c1-6(13(8,9)10)7-4-11-2-3-12-5-7/h6-7H,2-5H2,1H3,(H,8,9,10). The van der Waals surface area contributed by atoms with Crippen LogP contribution in [0.3, 0.4) is 0 Å². The van der Waals surface area contributed by atoms with Gasteiger partial charge >= 0.3 is 0 Å². The Hall–Kier alpha value is -0.170. The Morgan fingerprint density at radius 3 is 2.15 bits per heavy atom. The van der Waals surface area contributed by atoms with Gasteiger partial charge in [-0.3, -0.25) is 4.55 Å². The highest BCUT2D eigenvalue weighted by Crippen LogP contribution is 2.14. The Labute approximate surface area is 77.8 Å². The van der Waals surface area contributed by atoms with Gasteiger partial charge in [0.15, 0.2) is 0 Å². The number of rotatable bonds is 2. The third-order valence-corrected chi connectivity index (χ3v) is 3.49. The first-order chi connectivity index (χ1) is 6.02. The second-order valence-electron chi connectivity index (χ2n) is 3.13. The summed E-state index contributed by atoms with van der Waals surface area (Å²) in [6.45, 7) is 3.06. The molecule has 6 heteroatoms. The van der Waals surface area contributed by atoms with Crippen LogP contribution < -0.4 is 0 Å². The molecule has 0 amide bonds. The van der Waals surface area contributed by atoms with Gasteiger partial charge in [0.25, 0.3) is 10.1 Å². The topological polar surface area (TPSA) is 72.8 Å². The summed E-state index contributed by atoms with van der Waals surface area (Å²) in [5.74, 6) is -0.280. The molecule has 1 N–H and O–H groups in total. The van der Waals surface area contributed by atoms with Gasteiger partial charge in [-0.15, -0.1) is 0 Å². The van der Waals surface area contributed by atoms with Crippen molar-refractivity contribution in [3.8, 4) is 0 Å². The zero-order chi connectivity index (χ0) is 9.90. The third-order valence-electron chi connectivity index (χ3n) is 2.17. The summed E-state index contributed by atoms with van der Waals surface area (Å²) in [6, 6.07) is 0. The van der Waals surface area contributed by atoms with E-state index < -0.39 is 15.4 Å². The molecule has 1 aliphatic rings. The van der Waals surface area contributed by atoms with E-state index in [1.54, 1.807) is 0 Å². The molecular formula is C7H14O5S. The molecule has 0 aromatic rings. The Morgan fingerprint density at radius 2 is 1.77 bits per heavy atom. The average Bonchev–Trinajstić information content (AvgIpc) is 2.28. The summed E-state index contributed by atoms with van der Waals surface area (Å²) in [5.41, 5.74) is 0. The average molecular weight is 210 g/mol. The molecule has 1 saturated heterocycles. The third kappa shape index (κ3) is 3.22. The van der Waals surface area contributed by atoms with Gasteiger partial charge in [-0.1, -0.05) is 0 Å². The molecule has 1 unspecified atom stereocenters. The molecule has 1 atom stereocenters. The highest BCUT2D eigenvalue weighted by atomic mass is 32.2. The van der Waals surface area contributed by atoms with Crippen LogP contribution in [0.15, 0.2) is 0 Å². The smallest absolute Gasteiger partial charge is 0.267 e. The lowest BCUT2D eigenvalue weighted by Gasteiger charge is -2.18. The molecule has 0 radical (unpaired) electrons. The molecule has 0 aromatic carbocycles. The fraction of sp³-hybridized carbons (Fsp3) is 1.00. The van der Waals surface area contributed by atoms with Gasteiger partial charge in [-0.2, -0.15) is 8.42 Å². The molecule has 0 spiro atoms. The van der Waals surface area contributed by atoms with E-state index in [1.165, 1.54) is 6.92 Å². The molecule has 5 nitrogen and oxygen atoms in total. The summed E-state index contributed by atoms with van der Waals surface area (Å²) in [6.07, 6.45) is 0. The molecule has 1 fully saturated rings. The van der Waals surface area contributed by atoms with Crippen molar-refractivity contribution in [1.29, 1.82) is 0 Å². The van der Waals surface area contributed by atoms with Crippen molar-refractivity contribution in [3.05, 3.63) is 0 Å². The maximum atomic E-state index is 10.8. The van der Waals surface area contributed by atoms with Gasteiger partial charge in [0.2, 0.25) is 0 Å².